The summed E-state index contributed by atoms with van der Waals surface area (Å²) in [5, 5.41) is 15.6. The molecule has 1 fully saturated rings. The Labute approximate surface area is 168 Å². The number of para-hydroxylation sites is 2. The fourth-order valence-corrected chi connectivity index (χ4v) is 4.19. The van der Waals surface area contributed by atoms with Gasteiger partial charge in [-0.3, -0.25) is 24.6 Å². The van der Waals surface area contributed by atoms with Crippen LogP contribution in [0.1, 0.15) is 6.42 Å². The van der Waals surface area contributed by atoms with E-state index >= 15 is 0 Å². The number of carbonyl (C=O) groups is 2. The van der Waals surface area contributed by atoms with Gasteiger partial charge in [0, 0.05) is 30.6 Å². The Bertz CT molecular complexity index is 945. The molecule has 0 radical (unpaired) electrons. The molecule has 1 aliphatic heterocycles. The first-order chi connectivity index (χ1) is 13.5. The van der Waals surface area contributed by atoms with Crippen molar-refractivity contribution in [2.45, 2.75) is 11.7 Å². The third kappa shape index (κ3) is 4.43. The van der Waals surface area contributed by atoms with Gasteiger partial charge in [0.25, 0.3) is 5.69 Å². The number of amidine groups is 1. The first-order valence-corrected chi connectivity index (χ1v) is 9.86. The Balaban J connectivity index is 1.73. The van der Waals surface area contributed by atoms with Crippen LogP contribution in [0.3, 0.4) is 0 Å². The molecule has 0 saturated carbocycles. The second kappa shape index (κ2) is 8.76. The lowest BCUT2D eigenvalue weighted by Crippen LogP contribution is -2.33. The van der Waals surface area contributed by atoms with E-state index in [4.69, 9.17) is 0 Å². The Morgan fingerprint density at radius 2 is 2.25 bits per heavy atom. The van der Waals surface area contributed by atoms with Crippen molar-refractivity contribution < 1.29 is 14.5 Å². The van der Waals surface area contributed by atoms with Crippen molar-refractivity contribution in [3.8, 4) is 0 Å². The van der Waals surface area contributed by atoms with Crippen LogP contribution in [0.25, 0.3) is 0 Å². The van der Waals surface area contributed by atoms with Crippen molar-refractivity contribution in [1.82, 2.24) is 9.88 Å². The van der Waals surface area contributed by atoms with Crippen molar-refractivity contribution in [2.75, 3.05) is 11.9 Å². The highest BCUT2D eigenvalue weighted by Crippen LogP contribution is 2.32. The number of hydrogen-bond acceptors (Lipinski definition) is 8. The van der Waals surface area contributed by atoms with Crippen LogP contribution in [-0.2, 0) is 9.59 Å². The van der Waals surface area contributed by atoms with Crippen LogP contribution in [0, 0.1) is 10.1 Å². The predicted molar refractivity (Wildman–Crippen MR) is 109 cm³/mol. The number of nitro groups is 1. The number of rotatable bonds is 7. The zero-order valence-electron chi connectivity index (χ0n) is 14.5. The Hall–Kier alpha value is -3.05. The molecule has 2 heterocycles. The summed E-state index contributed by atoms with van der Waals surface area (Å²) in [6.07, 6.45) is 3.05. The van der Waals surface area contributed by atoms with Crippen molar-refractivity contribution in [3.05, 3.63) is 58.6 Å². The van der Waals surface area contributed by atoms with Crippen molar-refractivity contribution in [1.29, 1.82) is 0 Å². The molecule has 3 rings (SSSR count). The quantitative estimate of drug-likeness (QED) is 0.420. The summed E-state index contributed by atoms with van der Waals surface area (Å²) < 4.78 is 0. The smallest absolute Gasteiger partial charge is 0.292 e. The average molecular weight is 417 g/mol. The molecular weight excluding hydrogens is 402 g/mol. The first kappa shape index (κ1) is 19.7. The SMILES string of the molecule is C=CCN1C(=O)[C@H](CC(=O)Nc2ccccc2[N+](=O)[O-])SC1=Nc1nccs1. The predicted octanol–water partition coefficient (Wildman–Crippen LogP) is 3.20. The van der Waals surface area contributed by atoms with Gasteiger partial charge >= 0.3 is 0 Å². The van der Waals surface area contributed by atoms with E-state index in [0.717, 1.165) is 0 Å². The van der Waals surface area contributed by atoms with Gasteiger partial charge in [-0.2, -0.15) is 4.99 Å². The fraction of sp³-hybridized carbons (Fsp3) is 0.176. The second-order valence-corrected chi connectivity index (χ2v) is 7.62. The highest BCUT2D eigenvalue weighted by Gasteiger charge is 2.39. The normalized spacial score (nSPS) is 17.7. The van der Waals surface area contributed by atoms with Gasteiger partial charge in [-0.05, 0) is 6.07 Å². The van der Waals surface area contributed by atoms with E-state index in [1.807, 2.05) is 0 Å². The lowest BCUT2D eigenvalue weighted by Gasteiger charge is -2.13. The summed E-state index contributed by atoms with van der Waals surface area (Å²) in [6.45, 7) is 3.91. The Morgan fingerprint density at radius 1 is 1.46 bits per heavy atom. The van der Waals surface area contributed by atoms with Gasteiger partial charge in [-0.25, -0.2) is 4.98 Å². The number of thiazole rings is 1. The zero-order chi connectivity index (χ0) is 20.1. The standard InChI is InChI=1S/C17H15N5O4S2/c1-2-8-21-15(24)13(28-17(21)20-16-18-7-9-27-16)10-14(23)19-11-5-3-4-6-12(11)22(25)26/h2-7,9,13H,1,8,10H2,(H,19,23)/t13-/m0/s1. The minimum atomic E-state index is -0.679. The van der Waals surface area contributed by atoms with E-state index < -0.39 is 16.1 Å². The molecule has 28 heavy (non-hydrogen) atoms. The van der Waals surface area contributed by atoms with Crippen molar-refractivity contribution in [2.24, 2.45) is 4.99 Å². The van der Waals surface area contributed by atoms with Crippen LogP contribution in [0.2, 0.25) is 0 Å². The maximum atomic E-state index is 12.7. The van der Waals surface area contributed by atoms with Crippen LogP contribution < -0.4 is 5.32 Å². The molecule has 0 unspecified atom stereocenters. The molecule has 1 N–H and O–H groups in total. The number of carbonyl (C=O) groups excluding carboxylic acids is 2. The number of nitro benzene ring substituents is 1. The van der Waals surface area contributed by atoms with Gasteiger partial charge < -0.3 is 5.32 Å². The summed E-state index contributed by atoms with van der Waals surface area (Å²) >= 11 is 2.50. The van der Waals surface area contributed by atoms with Crippen LogP contribution in [0.15, 0.2) is 53.5 Å². The summed E-state index contributed by atoms with van der Waals surface area (Å²) in [5.74, 6) is -0.757. The summed E-state index contributed by atoms with van der Waals surface area (Å²) in [7, 11) is 0. The van der Waals surface area contributed by atoms with Gasteiger partial charge in [0.05, 0.1) is 4.92 Å². The molecule has 11 heteroatoms. The summed E-state index contributed by atoms with van der Waals surface area (Å²) in [5.41, 5.74) is -0.117. The van der Waals surface area contributed by atoms with Crippen molar-refractivity contribution >= 4 is 56.6 Å². The van der Waals surface area contributed by atoms with Gasteiger partial charge in [0.2, 0.25) is 16.9 Å². The number of nitrogens with zero attached hydrogens (tertiary/aromatic N) is 4. The first-order valence-electron chi connectivity index (χ1n) is 8.10. The Kier molecular flexibility index (Phi) is 6.16. The molecule has 144 valence electrons. The number of aliphatic imine (C=N–C) groups is 1. The Morgan fingerprint density at radius 3 is 2.93 bits per heavy atom. The maximum absolute atomic E-state index is 12.7. The third-order valence-corrected chi connectivity index (χ3v) is 5.53. The van der Waals surface area contributed by atoms with E-state index in [-0.39, 0.29) is 30.2 Å². The highest BCUT2D eigenvalue weighted by atomic mass is 32.2. The van der Waals surface area contributed by atoms with Crippen LogP contribution in [0.5, 0.6) is 0 Å². The molecule has 1 aromatic carbocycles. The molecule has 1 atom stereocenters. The molecule has 9 nitrogen and oxygen atoms in total. The monoisotopic (exact) mass is 417 g/mol. The molecule has 0 spiro atoms. The maximum Gasteiger partial charge on any atom is 0.292 e. The van der Waals surface area contributed by atoms with Gasteiger partial charge in [0.1, 0.15) is 10.9 Å². The molecule has 0 bridgehead atoms. The third-order valence-electron chi connectivity index (χ3n) is 3.69. The van der Waals surface area contributed by atoms with E-state index in [1.54, 1.807) is 23.7 Å². The molecular formula is C17H15N5O4S2. The number of nitrogens with one attached hydrogen (secondary N) is 1. The second-order valence-electron chi connectivity index (χ2n) is 5.58. The molecule has 0 aliphatic carbocycles. The molecule has 2 aromatic rings. The van der Waals surface area contributed by atoms with Crippen LogP contribution in [-0.4, -0.2) is 43.6 Å². The molecule has 1 aliphatic rings. The summed E-state index contributed by atoms with van der Waals surface area (Å²) in [4.78, 5) is 45.4. The van der Waals surface area contributed by atoms with Crippen LogP contribution in [0.4, 0.5) is 16.5 Å². The molecule has 1 aromatic heterocycles. The topological polar surface area (TPSA) is 118 Å². The molecule has 1 saturated heterocycles. The lowest BCUT2D eigenvalue weighted by atomic mass is 10.2. The van der Waals surface area contributed by atoms with E-state index in [1.165, 1.54) is 46.2 Å². The average Bonchev–Trinajstić information content (AvgIpc) is 3.26. The number of anilines is 1. The van der Waals surface area contributed by atoms with Gasteiger partial charge in [-0.1, -0.05) is 30.0 Å². The minimum absolute atomic E-state index is 0.0903. The van der Waals surface area contributed by atoms with Crippen LogP contribution >= 0.6 is 23.1 Å². The zero-order valence-corrected chi connectivity index (χ0v) is 16.1. The van der Waals surface area contributed by atoms with E-state index in [2.05, 4.69) is 21.9 Å². The number of benzene rings is 1. The highest BCUT2D eigenvalue weighted by molar-refractivity contribution is 8.15. The number of amides is 2. The van der Waals surface area contributed by atoms with E-state index in [9.17, 15) is 19.7 Å². The number of hydrogen-bond donors (Lipinski definition) is 1. The minimum Gasteiger partial charge on any atom is -0.320 e. The van der Waals surface area contributed by atoms with Crippen molar-refractivity contribution in [3.63, 3.8) is 0 Å². The van der Waals surface area contributed by atoms with Gasteiger partial charge in [-0.15, -0.1) is 17.9 Å². The number of thioether (sulfide) groups is 1. The van der Waals surface area contributed by atoms with E-state index in [0.29, 0.717) is 10.3 Å². The number of aromatic nitrogens is 1. The fourth-order valence-electron chi connectivity index (χ4n) is 2.48. The summed E-state index contributed by atoms with van der Waals surface area (Å²) in [6, 6.07) is 5.84. The lowest BCUT2D eigenvalue weighted by molar-refractivity contribution is -0.383. The largest absolute Gasteiger partial charge is 0.320 e. The van der Waals surface area contributed by atoms with Gasteiger partial charge in [0.15, 0.2) is 5.17 Å². The molecule has 2 amide bonds.